The summed E-state index contributed by atoms with van der Waals surface area (Å²) in [5, 5.41) is 4.83. The molecule has 0 aliphatic rings. The highest BCUT2D eigenvalue weighted by Crippen LogP contribution is 2.22. The Labute approximate surface area is 139 Å². The lowest BCUT2D eigenvalue weighted by molar-refractivity contribution is 0.856. The first-order valence-electron chi connectivity index (χ1n) is 7.55. The van der Waals surface area contributed by atoms with E-state index >= 15 is 0 Å². The third-order valence-corrected chi connectivity index (χ3v) is 4.03. The van der Waals surface area contributed by atoms with E-state index in [4.69, 9.17) is 11.6 Å². The van der Waals surface area contributed by atoms with E-state index in [9.17, 15) is 4.79 Å². The van der Waals surface area contributed by atoms with Gasteiger partial charge in [-0.15, -0.1) is 0 Å². The summed E-state index contributed by atoms with van der Waals surface area (Å²) in [6.45, 7) is 4.65. The highest BCUT2D eigenvalue weighted by molar-refractivity contribution is 6.31. The Morgan fingerprint density at radius 1 is 1.26 bits per heavy atom. The molecule has 3 aromatic rings. The van der Waals surface area contributed by atoms with Crippen LogP contribution in [0.2, 0.25) is 5.02 Å². The fraction of sp³-hybridized carbons (Fsp3) is 0.222. The molecule has 0 bridgehead atoms. The molecule has 0 saturated heterocycles. The standard InChI is InChI=1S/C18H18ClN3O/c1-11(2)15-4-3-7-20-17(15)21-10-13-8-12-9-14(19)5-6-16(12)22-18(13)23/h3-9,11H,10H2,1-2H3,(H,20,21)(H,22,23). The number of hydrogen-bond acceptors (Lipinski definition) is 3. The Balaban J connectivity index is 1.90. The number of rotatable bonds is 4. The van der Waals surface area contributed by atoms with Crippen LogP contribution in [0, 0.1) is 0 Å². The predicted molar refractivity (Wildman–Crippen MR) is 95.2 cm³/mol. The number of halogens is 1. The van der Waals surface area contributed by atoms with Crippen LogP contribution >= 0.6 is 11.6 Å². The number of benzene rings is 1. The zero-order valence-corrected chi connectivity index (χ0v) is 13.8. The van der Waals surface area contributed by atoms with E-state index in [0.29, 0.717) is 23.0 Å². The van der Waals surface area contributed by atoms with Crippen LogP contribution < -0.4 is 10.9 Å². The second kappa shape index (κ2) is 6.42. The minimum absolute atomic E-state index is 0.102. The van der Waals surface area contributed by atoms with Gasteiger partial charge in [0.25, 0.3) is 5.56 Å². The van der Waals surface area contributed by atoms with Gasteiger partial charge in [0, 0.05) is 34.2 Å². The third kappa shape index (κ3) is 3.37. The lowest BCUT2D eigenvalue weighted by Crippen LogP contribution is -2.16. The first kappa shape index (κ1) is 15.6. The average Bonchev–Trinajstić information content (AvgIpc) is 2.53. The van der Waals surface area contributed by atoms with E-state index in [0.717, 1.165) is 22.3 Å². The SMILES string of the molecule is CC(C)c1cccnc1NCc1cc2cc(Cl)ccc2[nH]c1=O. The molecule has 1 aromatic carbocycles. The van der Waals surface area contributed by atoms with Crippen LogP contribution in [0.5, 0.6) is 0 Å². The Morgan fingerprint density at radius 3 is 2.87 bits per heavy atom. The van der Waals surface area contributed by atoms with Crippen LogP contribution in [0.3, 0.4) is 0 Å². The van der Waals surface area contributed by atoms with Crippen molar-refractivity contribution in [3.8, 4) is 0 Å². The summed E-state index contributed by atoms with van der Waals surface area (Å²) >= 11 is 6.02. The van der Waals surface area contributed by atoms with Gasteiger partial charge >= 0.3 is 0 Å². The highest BCUT2D eigenvalue weighted by atomic mass is 35.5. The largest absolute Gasteiger partial charge is 0.366 e. The van der Waals surface area contributed by atoms with Crippen LogP contribution in [-0.4, -0.2) is 9.97 Å². The van der Waals surface area contributed by atoms with Gasteiger partial charge in [0.2, 0.25) is 0 Å². The van der Waals surface area contributed by atoms with Gasteiger partial charge in [-0.1, -0.05) is 31.5 Å². The van der Waals surface area contributed by atoms with Crippen molar-refractivity contribution in [3.05, 3.63) is 69.1 Å². The quantitative estimate of drug-likeness (QED) is 0.750. The third-order valence-electron chi connectivity index (χ3n) is 3.79. The molecule has 2 aromatic heterocycles. The zero-order chi connectivity index (χ0) is 16.4. The second-order valence-electron chi connectivity index (χ2n) is 5.80. The molecule has 0 unspecified atom stereocenters. The lowest BCUT2D eigenvalue weighted by Gasteiger charge is -2.13. The minimum atomic E-state index is -0.102. The van der Waals surface area contributed by atoms with E-state index in [1.54, 1.807) is 12.3 Å². The molecule has 0 saturated carbocycles. The Bertz CT molecular complexity index is 902. The minimum Gasteiger partial charge on any atom is -0.366 e. The van der Waals surface area contributed by atoms with Crippen LogP contribution in [-0.2, 0) is 6.54 Å². The molecule has 0 aliphatic carbocycles. The summed E-state index contributed by atoms with van der Waals surface area (Å²) in [6.07, 6.45) is 1.75. The van der Waals surface area contributed by atoms with Gasteiger partial charge in [-0.25, -0.2) is 4.98 Å². The van der Waals surface area contributed by atoms with Crippen molar-refractivity contribution in [1.29, 1.82) is 0 Å². The number of H-pyrrole nitrogens is 1. The molecule has 2 heterocycles. The molecule has 0 fully saturated rings. The number of aromatic amines is 1. The molecular weight excluding hydrogens is 310 g/mol. The molecule has 118 valence electrons. The van der Waals surface area contributed by atoms with Crippen molar-refractivity contribution < 1.29 is 0 Å². The molecule has 0 radical (unpaired) electrons. The molecular formula is C18H18ClN3O. The molecule has 0 amide bonds. The van der Waals surface area contributed by atoms with Crippen molar-refractivity contribution in [2.75, 3.05) is 5.32 Å². The summed E-state index contributed by atoms with van der Waals surface area (Å²) in [7, 11) is 0. The van der Waals surface area contributed by atoms with Crippen LogP contribution in [0.25, 0.3) is 10.9 Å². The molecule has 4 nitrogen and oxygen atoms in total. The normalized spacial score (nSPS) is 11.1. The fourth-order valence-corrected chi connectivity index (χ4v) is 2.74. The first-order chi connectivity index (χ1) is 11.0. The molecule has 2 N–H and O–H groups in total. The van der Waals surface area contributed by atoms with Crippen molar-refractivity contribution in [2.24, 2.45) is 0 Å². The van der Waals surface area contributed by atoms with E-state index in [2.05, 4.69) is 29.1 Å². The van der Waals surface area contributed by atoms with Gasteiger partial charge in [-0.2, -0.15) is 0 Å². The van der Waals surface area contributed by atoms with E-state index < -0.39 is 0 Å². The van der Waals surface area contributed by atoms with Gasteiger partial charge in [0.05, 0.1) is 0 Å². The second-order valence-corrected chi connectivity index (χ2v) is 6.24. The summed E-state index contributed by atoms with van der Waals surface area (Å²) in [6, 6.07) is 11.3. The fourth-order valence-electron chi connectivity index (χ4n) is 2.56. The van der Waals surface area contributed by atoms with E-state index in [-0.39, 0.29) is 5.56 Å². The molecule has 0 atom stereocenters. The maximum absolute atomic E-state index is 12.2. The summed E-state index contributed by atoms with van der Waals surface area (Å²) in [5.41, 5.74) is 2.46. The van der Waals surface area contributed by atoms with Gasteiger partial charge in [-0.05, 0) is 41.8 Å². The number of pyridine rings is 2. The number of anilines is 1. The number of nitrogens with zero attached hydrogens (tertiary/aromatic N) is 1. The van der Waals surface area contributed by atoms with Crippen molar-refractivity contribution in [2.45, 2.75) is 26.3 Å². The smallest absolute Gasteiger partial charge is 0.253 e. The number of aromatic nitrogens is 2. The molecule has 5 heteroatoms. The summed E-state index contributed by atoms with van der Waals surface area (Å²) in [5.74, 6) is 1.17. The maximum Gasteiger partial charge on any atom is 0.253 e. The first-order valence-corrected chi connectivity index (χ1v) is 7.92. The van der Waals surface area contributed by atoms with Crippen molar-refractivity contribution in [1.82, 2.24) is 9.97 Å². The zero-order valence-electron chi connectivity index (χ0n) is 13.1. The van der Waals surface area contributed by atoms with Crippen LogP contribution in [0.4, 0.5) is 5.82 Å². The topological polar surface area (TPSA) is 57.8 Å². The van der Waals surface area contributed by atoms with Crippen molar-refractivity contribution >= 4 is 28.3 Å². The Kier molecular flexibility index (Phi) is 4.35. The summed E-state index contributed by atoms with van der Waals surface area (Å²) in [4.78, 5) is 19.5. The monoisotopic (exact) mass is 327 g/mol. The average molecular weight is 328 g/mol. The van der Waals surface area contributed by atoms with Gasteiger partial charge in [0.15, 0.2) is 0 Å². The summed E-state index contributed by atoms with van der Waals surface area (Å²) < 4.78 is 0. The molecule has 0 aliphatic heterocycles. The van der Waals surface area contributed by atoms with Crippen molar-refractivity contribution in [3.63, 3.8) is 0 Å². The molecule has 23 heavy (non-hydrogen) atoms. The predicted octanol–water partition coefficient (Wildman–Crippen LogP) is 4.31. The molecule has 0 spiro atoms. The highest BCUT2D eigenvalue weighted by Gasteiger charge is 2.09. The van der Waals surface area contributed by atoms with Gasteiger partial charge in [0.1, 0.15) is 5.82 Å². The number of hydrogen-bond donors (Lipinski definition) is 2. The lowest BCUT2D eigenvalue weighted by atomic mass is 10.0. The van der Waals surface area contributed by atoms with E-state index in [1.165, 1.54) is 0 Å². The van der Waals surface area contributed by atoms with Gasteiger partial charge < -0.3 is 10.3 Å². The number of nitrogens with one attached hydrogen (secondary N) is 2. The van der Waals surface area contributed by atoms with E-state index in [1.807, 2.05) is 30.3 Å². The maximum atomic E-state index is 12.2. The Morgan fingerprint density at radius 2 is 2.09 bits per heavy atom. The number of fused-ring (bicyclic) bond motifs is 1. The van der Waals surface area contributed by atoms with Crippen LogP contribution in [0.15, 0.2) is 47.4 Å². The van der Waals surface area contributed by atoms with Crippen LogP contribution in [0.1, 0.15) is 30.9 Å². The van der Waals surface area contributed by atoms with Gasteiger partial charge in [-0.3, -0.25) is 4.79 Å². The Hall–Kier alpha value is -2.33. The molecule has 3 rings (SSSR count).